The standard InChI is InChI=1S/C18H26ClN3O3/c1-4-25-15-7-6-14(19)17(20-15)18(24)22-11-9-21(10-12-22)16(23)8-5-13(2)3/h6-7,13H,4-5,8-12H2,1-3H3. The zero-order valence-corrected chi connectivity index (χ0v) is 15.9. The number of halogens is 1. The maximum atomic E-state index is 12.7. The molecule has 0 radical (unpaired) electrons. The van der Waals surface area contributed by atoms with E-state index in [4.69, 9.17) is 16.3 Å². The molecule has 1 aromatic heterocycles. The Bertz CT molecular complexity index is 614. The normalized spacial score (nSPS) is 14.8. The number of amides is 2. The predicted octanol–water partition coefficient (Wildman–Crippen LogP) is 2.85. The molecule has 1 aliphatic heterocycles. The largest absolute Gasteiger partial charge is 0.478 e. The second-order valence-corrected chi connectivity index (χ2v) is 6.93. The van der Waals surface area contributed by atoms with E-state index in [1.54, 1.807) is 17.0 Å². The van der Waals surface area contributed by atoms with E-state index >= 15 is 0 Å². The zero-order valence-electron chi connectivity index (χ0n) is 15.1. The molecule has 138 valence electrons. The van der Waals surface area contributed by atoms with Crippen molar-refractivity contribution in [1.29, 1.82) is 0 Å². The number of ether oxygens (including phenoxy) is 1. The minimum atomic E-state index is -0.221. The third-order valence-corrected chi connectivity index (χ3v) is 4.48. The van der Waals surface area contributed by atoms with Crippen LogP contribution in [0.2, 0.25) is 5.02 Å². The van der Waals surface area contributed by atoms with Gasteiger partial charge in [-0.1, -0.05) is 25.4 Å². The molecule has 0 unspecified atom stereocenters. The van der Waals surface area contributed by atoms with Crippen LogP contribution in [0.1, 0.15) is 44.1 Å². The summed E-state index contributed by atoms with van der Waals surface area (Å²) in [4.78, 5) is 32.6. The van der Waals surface area contributed by atoms with Crippen LogP contribution in [0.5, 0.6) is 5.88 Å². The number of nitrogens with zero attached hydrogens (tertiary/aromatic N) is 3. The third-order valence-electron chi connectivity index (χ3n) is 4.17. The van der Waals surface area contributed by atoms with Gasteiger partial charge in [0, 0.05) is 38.7 Å². The summed E-state index contributed by atoms with van der Waals surface area (Å²) < 4.78 is 5.34. The van der Waals surface area contributed by atoms with Gasteiger partial charge in [-0.05, 0) is 25.3 Å². The van der Waals surface area contributed by atoms with Crippen molar-refractivity contribution < 1.29 is 14.3 Å². The first kappa shape index (κ1) is 19.5. The molecule has 0 saturated carbocycles. The van der Waals surface area contributed by atoms with Gasteiger partial charge in [-0.15, -0.1) is 0 Å². The lowest BCUT2D eigenvalue weighted by Gasteiger charge is -2.35. The molecule has 0 aromatic carbocycles. The average molecular weight is 368 g/mol. The van der Waals surface area contributed by atoms with Gasteiger partial charge in [0.05, 0.1) is 11.6 Å². The molecule has 0 aliphatic carbocycles. The van der Waals surface area contributed by atoms with E-state index in [0.29, 0.717) is 56.0 Å². The first-order chi connectivity index (χ1) is 11.9. The maximum Gasteiger partial charge on any atom is 0.274 e. The molecule has 0 N–H and O–H groups in total. The average Bonchev–Trinajstić information content (AvgIpc) is 2.61. The van der Waals surface area contributed by atoms with E-state index in [9.17, 15) is 9.59 Å². The first-order valence-corrected chi connectivity index (χ1v) is 9.16. The minimum absolute atomic E-state index is 0.162. The van der Waals surface area contributed by atoms with Crippen molar-refractivity contribution in [1.82, 2.24) is 14.8 Å². The van der Waals surface area contributed by atoms with Crippen LogP contribution in [-0.2, 0) is 4.79 Å². The van der Waals surface area contributed by atoms with Crippen LogP contribution < -0.4 is 4.74 Å². The molecule has 2 heterocycles. The molecular weight excluding hydrogens is 342 g/mol. The summed E-state index contributed by atoms with van der Waals surface area (Å²) in [7, 11) is 0. The van der Waals surface area contributed by atoms with E-state index < -0.39 is 0 Å². The van der Waals surface area contributed by atoms with E-state index in [0.717, 1.165) is 6.42 Å². The molecule has 2 amide bonds. The predicted molar refractivity (Wildman–Crippen MR) is 97.0 cm³/mol. The lowest BCUT2D eigenvalue weighted by molar-refractivity contribution is -0.132. The highest BCUT2D eigenvalue weighted by molar-refractivity contribution is 6.33. The van der Waals surface area contributed by atoms with Crippen molar-refractivity contribution in [2.24, 2.45) is 5.92 Å². The third kappa shape index (κ3) is 5.33. The van der Waals surface area contributed by atoms with Gasteiger partial charge in [0.1, 0.15) is 0 Å². The van der Waals surface area contributed by atoms with Crippen molar-refractivity contribution in [2.75, 3.05) is 32.8 Å². The SMILES string of the molecule is CCOc1ccc(Cl)c(C(=O)N2CCN(C(=O)CCC(C)C)CC2)n1. The fourth-order valence-corrected chi connectivity index (χ4v) is 2.87. The van der Waals surface area contributed by atoms with Crippen LogP contribution >= 0.6 is 11.6 Å². The second-order valence-electron chi connectivity index (χ2n) is 6.52. The molecule has 6 nitrogen and oxygen atoms in total. The molecule has 1 aliphatic rings. The Balaban J connectivity index is 1.95. The summed E-state index contributed by atoms with van der Waals surface area (Å²) in [5, 5.41) is 0.309. The number of hydrogen-bond donors (Lipinski definition) is 0. The van der Waals surface area contributed by atoms with Crippen LogP contribution in [0, 0.1) is 5.92 Å². The maximum absolute atomic E-state index is 12.7. The van der Waals surface area contributed by atoms with Crippen LogP contribution in [0.15, 0.2) is 12.1 Å². The van der Waals surface area contributed by atoms with Gasteiger partial charge >= 0.3 is 0 Å². The highest BCUT2D eigenvalue weighted by atomic mass is 35.5. The molecular formula is C18H26ClN3O3. The van der Waals surface area contributed by atoms with E-state index in [1.165, 1.54) is 0 Å². The fourth-order valence-electron chi connectivity index (χ4n) is 2.68. The van der Waals surface area contributed by atoms with Gasteiger partial charge in [0.15, 0.2) is 5.69 Å². The summed E-state index contributed by atoms with van der Waals surface area (Å²) in [6.07, 6.45) is 1.46. The van der Waals surface area contributed by atoms with Crippen molar-refractivity contribution in [3.05, 3.63) is 22.8 Å². The van der Waals surface area contributed by atoms with Crippen LogP contribution in [0.3, 0.4) is 0 Å². The Hall–Kier alpha value is -1.82. The van der Waals surface area contributed by atoms with Crippen molar-refractivity contribution in [2.45, 2.75) is 33.6 Å². The highest BCUT2D eigenvalue weighted by Gasteiger charge is 2.27. The second kappa shape index (κ2) is 9.04. The quantitative estimate of drug-likeness (QED) is 0.775. The number of carbonyl (C=O) groups excluding carboxylic acids is 2. The first-order valence-electron chi connectivity index (χ1n) is 8.78. The monoisotopic (exact) mass is 367 g/mol. The van der Waals surface area contributed by atoms with E-state index in [2.05, 4.69) is 18.8 Å². The molecule has 0 bridgehead atoms. The number of pyridine rings is 1. The van der Waals surface area contributed by atoms with Gasteiger partial charge in [0.2, 0.25) is 11.8 Å². The molecule has 2 rings (SSSR count). The Morgan fingerprint density at radius 1 is 1.20 bits per heavy atom. The lowest BCUT2D eigenvalue weighted by atomic mass is 10.1. The highest BCUT2D eigenvalue weighted by Crippen LogP contribution is 2.20. The van der Waals surface area contributed by atoms with Gasteiger partial charge < -0.3 is 14.5 Å². The fraction of sp³-hybridized carbons (Fsp3) is 0.611. The Morgan fingerprint density at radius 3 is 2.44 bits per heavy atom. The Kier molecular flexibility index (Phi) is 7.05. The van der Waals surface area contributed by atoms with Gasteiger partial charge in [-0.25, -0.2) is 4.98 Å². The number of piperazine rings is 1. The molecule has 1 saturated heterocycles. The Labute approximate surface area is 154 Å². The summed E-state index contributed by atoms with van der Waals surface area (Å²) >= 11 is 6.13. The smallest absolute Gasteiger partial charge is 0.274 e. The van der Waals surface area contributed by atoms with Crippen molar-refractivity contribution in [3.8, 4) is 5.88 Å². The number of rotatable bonds is 6. The zero-order chi connectivity index (χ0) is 18.4. The van der Waals surface area contributed by atoms with Crippen molar-refractivity contribution >= 4 is 23.4 Å². The van der Waals surface area contributed by atoms with Gasteiger partial charge in [0.25, 0.3) is 5.91 Å². The molecule has 1 aromatic rings. The van der Waals surface area contributed by atoms with E-state index in [-0.39, 0.29) is 17.5 Å². The number of carbonyl (C=O) groups is 2. The van der Waals surface area contributed by atoms with E-state index in [1.807, 2.05) is 11.8 Å². The van der Waals surface area contributed by atoms with Crippen LogP contribution in [0.4, 0.5) is 0 Å². The van der Waals surface area contributed by atoms with Crippen molar-refractivity contribution in [3.63, 3.8) is 0 Å². The lowest BCUT2D eigenvalue weighted by Crippen LogP contribution is -2.50. The minimum Gasteiger partial charge on any atom is -0.478 e. The molecule has 0 spiro atoms. The summed E-state index contributed by atoms with van der Waals surface area (Å²) in [6.45, 7) is 8.61. The van der Waals surface area contributed by atoms with Gasteiger partial charge in [-0.3, -0.25) is 9.59 Å². The Morgan fingerprint density at radius 2 is 1.84 bits per heavy atom. The summed E-state index contributed by atoms with van der Waals surface area (Å²) in [5.41, 5.74) is 0.201. The molecule has 0 atom stereocenters. The molecule has 7 heteroatoms. The summed E-state index contributed by atoms with van der Waals surface area (Å²) in [6, 6.07) is 3.27. The van der Waals surface area contributed by atoms with Crippen LogP contribution in [-0.4, -0.2) is 59.4 Å². The number of aromatic nitrogens is 1. The molecule has 1 fully saturated rings. The topological polar surface area (TPSA) is 62.7 Å². The van der Waals surface area contributed by atoms with Crippen LogP contribution in [0.25, 0.3) is 0 Å². The number of hydrogen-bond acceptors (Lipinski definition) is 4. The molecule has 25 heavy (non-hydrogen) atoms. The summed E-state index contributed by atoms with van der Waals surface area (Å²) in [5.74, 6) is 0.839. The van der Waals surface area contributed by atoms with Gasteiger partial charge in [-0.2, -0.15) is 0 Å².